The predicted molar refractivity (Wildman–Crippen MR) is 91.0 cm³/mol. The number of hydrogen-bond donors (Lipinski definition) is 1. The lowest BCUT2D eigenvalue weighted by Crippen LogP contribution is -2.17. The number of nitrogens with one attached hydrogen (secondary N) is 1. The number of hydrazone groups is 1. The summed E-state index contributed by atoms with van der Waals surface area (Å²) in [5.41, 5.74) is 5.10. The number of hydrogen-bond acceptors (Lipinski definition) is 3. The van der Waals surface area contributed by atoms with Gasteiger partial charge in [-0.2, -0.15) is 5.10 Å². The summed E-state index contributed by atoms with van der Waals surface area (Å²) < 4.78 is 7.09. The van der Waals surface area contributed by atoms with Gasteiger partial charge < -0.3 is 9.30 Å². The number of amides is 1. The molecule has 0 aliphatic rings. The van der Waals surface area contributed by atoms with Crippen molar-refractivity contribution in [2.75, 3.05) is 7.11 Å². The monoisotopic (exact) mass is 307 g/mol. The molecule has 3 aromatic rings. The summed E-state index contributed by atoms with van der Waals surface area (Å²) in [6.45, 7) is 0. The van der Waals surface area contributed by atoms with E-state index in [9.17, 15) is 4.79 Å². The number of carbonyl (C=O) groups is 1. The Labute approximate surface area is 134 Å². The number of carbonyl (C=O) groups excluding carboxylic acids is 1. The van der Waals surface area contributed by atoms with E-state index in [2.05, 4.69) is 10.5 Å². The van der Waals surface area contributed by atoms with E-state index in [0.717, 1.165) is 16.6 Å². The van der Waals surface area contributed by atoms with Gasteiger partial charge in [-0.05, 0) is 36.4 Å². The number of benzene rings is 2. The van der Waals surface area contributed by atoms with E-state index in [1.807, 2.05) is 41.9 Å². The summed E-state index contributed by atoms with van der Waals surface area (Å²) in [5, 5.41) is 5.18. The number of fused-ring (bicyclic) bond motifs is 1. The Morgan fingerprint density at radius 3 is 2.61 bits per heavy atom. The molecule has 1 heterocycles. The number of methoxy groups -OCH3 is 1. The molecule has 5 nitrogen and oxygen atoms in total. The molecule has 0 saturated carbocycles. The Bertz CT molecular complexity index is 864. The minimum absolute atomic E-state index is 0.261. The SMILES string of the molecule is COc1ccc(C(=O)NN=Cc2cc3ccccc3n2C)cc1. The molecule has 0 radical (unpaired) electrons. The second-order valence-electron chi connectivity index (χ2n) is 5.11. The second-order valence-corrected chi connectivity index (χ2v) is 5.11. The van der Waals surface area contributed by atoms with Gasteiger partial charge in [-0.25, -0.2) is 5.43 Å². The van der Waals surface area contributed by atoms with Crippen molar-refractivity contribution in [2.24, 2.45) is 12.1 Å². The van der Waals surface area contributed by atoms with Crippen LogP contribution in [-0.4, -0.2) is 23.8 Å². The van der Waals surface area contributed by atoms with E-state index >= 15 is 0 Å². The number of rotatable bonds is 4. The van der Waals surface area contributed by atoms with Gasteiger partial charge in [0.25, 0.3) is 5.91 Å². The van der Waals surface area contributed by atoms with Gasteiger partial charge in [0.05, 0.1) is 19.0 Å². The fourth-order valence-electron chi connectivity index (χ4n) is 2.40. The third-order valence-corrected chi connectivity index (χ3v) is 3.70. The van der Waals surface area contributed by atoms with Crippen molar-refractivity contribution in [3.8, 4) is 5.75 Å². The zero-order valence-corrected chi connectivity index (χ0v) is 13.0. The van der Waals surface area contributed by atoms with Crippen LogP contribution in [0.2, 0.25) is 0 Å². The van der Waals surface area contributed by atoms with Gasteiger partial charge in [-0.15, -0.1) is 0 Å². The molecular weight excluding hydrogens is 290 g/mol. The molecule has 1 N–H and O–H groups in total. The summed E-state index contributed by atoms with van der Waals surface area (Å²) >= 11 is 0. The van der Waals surface area contributed by atoms with Gasteiger partial charge >= 0.3 is 0 Å². The molecular formula is C18H17N3O2. The predicted octanol–water partition coefficient (Wildman–Crippen LogP) is 2.95. The largest absolute Gasteiger partial charge is 0.497 e. The molecule has 0 aliphatic carbocycles. The Morgan fingerprint density at radius 1 is 1.17 bits per heavy atom. The average Bonchev–Trinajstić information content (AvgIpc) is 2.91. The molecule has 3 rings (SSSR count). The van der Waals surface area contributed by atoms with E-state index in [1.54, 1.807) is 37.6 Å². The van der Waals surface area contributed by atoms with Crippen molar-refractivity contribution in [1.82, 2.24) is 9.99 Å². The van der Waals surface area contributed by atoms with Crippen molar-refractivity contribution in [3.63, 3.8) is 0 Å². The zero-order valence-electron chi connectivity index (χ0n) is 13.0. The van der Waals surface area contributed by atoms with Gasteiger partial charge in [0, 0.05) is 23.5 Å². The highest BCUT2D eigenvalue weighted by molar-refractivity contribution is 5.95. The lowest BCUT2D eigenvalue weighted by atomic mass is 10.2. The topological polar surface area (TPSA) is 55.6 Å². The molecule has 2 aromatic carbocycles. The molecule has 1 aromatic heterocycles. The standard InChI is InChI=1S/C18H17N3O2/c1-21-15(11-14-5-3-4-6-17(14)21)12-19-20-18(22)13-7-9-16(23-2)10-8-13/h3-12H,1-2H3,(H,20,22). The summed E-state index contributed by atoms with van der Waals surface area (Å²) in [4.78, 5) is 12.0. The van der Waals surface area contributed by atoms with E-state index in [0.29, 0.717) is 11.3 Å². The number of para-hydroxylation sites is 1. The van der Waals surface area contributed by atoms with E-state index < -0.39 is 0 Å². The Morgan fingerprint density at radius 2 is 1.91 bits per heavy atom. The Kier molecular flexibility index (Phi) is 4.10. The van der Waals surface area contributed by atoms with Crippen molar-refractivity contribution >= 4 is 23.0 Å². The van der Waals surface area contributed by atoms with Crippen LogP contribution < -0.4 is 10.2 Å². The van der Waals surface area contributed by atoms with Crippen molar-refractivity contribution < 1.29 is 9.53 Å². The maximum Gasteiger partial charge on any atom is 0.271 e. The summed E-state index contributed by atoms with van der Waals surface area (Å²) in [5.74, 6) is 0.447. The maximum absolute atomic E-state index is 12.0. The lowest BCUT2D eigenvalue weighted by molar-refractivity contribution is 0.0955. The van der Waals surface area contributed by atoms with Crippen molar-refractivity contribution in [3.05, 3.63) is 65.9 Å². The van der Waals surface area contributed by atoms with Crippen molar-refractivity contribution in [2.45, 2.75) is 0 Å². The van der Waals surface area contributed by atoms with Crippen molar-refractivity contribution in [1.29, 1.82) is 0 Å². The van der Waals surface area contributed by atoms with Crippen LogP contribution in [0.4, 0.5) is 0 Å². The second kappa shape index (κ2) is 6.36. The van der Waals surface area contributed by atoms with Crippen LogP contribution in [0.3, 0.4) is 0 Å². The first-order valence-electron chi connectivity index (χ1n) is 7.21. The highest BCUT2D eigenvalue weighted by Gasteiger charge is 2.05. The summed E-state index contributed by atoms with van der Waals surface area (Å²) in [6, 6.07) is 17.0. The average molecular weight is 307 g/mol. The maximum atomic E-state index is 12.0. The van der Waals surface area contributed by atoms with Gasteiger partial charge in [-0.3, -0.25) is 4.79 Å². The van der Waals surface area contributed by atoms with Gasteiger partial charge in [0.2, 0.25) is 0 Å². The first-order valence-corrected chi connectivity index (χ1v) is 7.21. The zero-order chi connectivity index (χ0) is 16.2. The van der Waals surface area contributed by atoms with Crippen LogP contribution >= 0.6 is 0 Å². The summed E-state index contributed by atoms with van der Waals surface area (Å²) in [7, 11) is 3.55. The number of nitrogens with zero attached hydrogens (tertiary/aromatic N) is 2. The van der Waals surface area contributed by atoms with Gasteiger partial charge in [0.1, 0.15) is 5.75 Å². The van der Waals surface area contributed by atoms with Crippen LogP contribution in [0, 0.1) is 0 Å². The molecule has 0 aliphatic heterocycles. The number of ether oxygens (including phenoxy) is 1. The molecule has 0 fully saturated rings. The minimum Gasteiger partial charge on any atom is -0.497 e. The third kappa shape index (κ3) is 3.08. The molecule has 0 bridgehead atoms. The van der Waals surface area contributed by atoms with Crippen LogP contribution in [0.15, 0.2) is 59.7 Å². The lowest BCUT2D eigenvalue weighted by Gasteiger charge is -2.02. The van der Waals surface area contributed by atoms with E-state index in [-0.39, 0.29) is 5.91 Å². The minimum atomic E-state index is -0.261. The Hall–Kier alpha value is -3.08. The highest BCUT2D eigenvalue weighted by atomic mass is 16.5. The molecule has 0 unspecified atom stereocenters. The quantitative estimate of drug-likeness (QED) is 0.595. The molecule has 0 atom stereocenters. The first kappa shape index (κ1) is 14.8. The molecule has 23 heavy (non-hydrogen) atoms. The Balaban J connectivity index is 1.72. The molecule has 1 amide bonds. The normalized spacial score (nSPS) is 11.0. The third-order valence-electron chi connectivity index (χ3n) is 3.70. The van der Waals surface area contributed by atoms with Gasteiger partial charge in [-0.1, -0.05) is 18.2 Å². The number of aryl methyl sites for hydroxylation is 1. The fourth-order valence-corrected chi connectivity index (χ4v) is 2.40. The van der Waals surface area contributed by atoms with Crippen LogP contribution in [0.5, 0.6) is 5.75 Å². The highest BCUT2D eigenvalue weighted by Crippen LogP contribution is 2.16. The van der Waals surface area contributed by atoms with Crippen LogP contribution in [0.25, 0.3) is 10.9 Å². The van der Waals surface area contributed by atoms with E-state index in [1.165, 1.54) is 0 Å². The molecule has 0 saturated heterocycles. The first-order chi connectivity index (χ1) is 11.2. The molecule has 0 spiro atoms. The molecule has 5 heteroatoms. The van der Waals surface area contributed by atoms with E-state index in [4.69, 9.17) is 4.74 Å². The van der Waals surface area contributed by atoms with Crippen LogP contribution in [0.1, 0.15) is 16.1 Å². The smallest absolute Gasteiger partial charge is 0.271 e. The fraction of sp³-hybridized carbons (Fsp3) is 0.111. The van der Waals surface area contributed by atoms with Crippen LogP contribution in [-0.2, 0) is 7.05 Å². The van der Waals surface area contributed by atoms with Gasteiger partial charge in [0.15, 0.2) is 0 Å². The number of aromatic nitrogens is 1. The molecule has 116 valence electrons. The summed E-state index contributed by atoms with van der Waals surface area (Å²) in [6.07, 6.45) is 1.64.